The molecule has 0 spiro atoms. The molecular formula is C8H14ClNO2. The van der Waals surface area contributed by atoms with E-state index in [1.807, 2.05) is 6.92 Å². The number of hydrogen-bond acceptors (Lipinski definition) is 2. The highest BCUT2D eigenvalue weighted by atomic mass is 35.5. The summed E-state index contributed by atoms with van der Waals surface area (Å²) in [5, 5.41) is -0.498. The second-order valence-corrected chi connectivity index (χ2v) is 3.13. The first-order valence-corrected chi connectivity index (χ1v) is 4.38. The first-order valence-electron chi connectivity index (χ1n) is 4.00. The SMILES string of the molecule is CCCCC(=O)N(C)CC(=O)Cl. The molecule has 0 aliphatic heterocycles. The van der Waals surface area contributed by atoms with Gasteiger partial charge in [-0.2, -0.15) is 0 Å². The first kappa shape index (κ1) is 11.4. The Balaban J connectivity index is 3.69. The fraction of sp³-hybridized carbons (Fsp3) is 0.750. The molecule has 0 radical (unpaired) electrons. The molecule has 0 aliphatic carbocycles. The average molecular weight is 192 g/mol. The van der Waals surface area contributed by atoms with Crippen molar-refractivity contribution in [3.8, 4) is 0 Å². The molecule has 3 nitrogen and oxygen atoms in total. The second kappa shape index (κ2) is 6.00. The van der Waals surface area contributed by atoms with E-state index >= 15 is 0 Å². The highest BCUT2D eigenvalue weighted by molar-refractivity contribution is 6.64. The van der Waals surface area contributed by atoms with Gasteiger partial charge in [-0.15, -0.1) is 0 Å². The van der Waals surface area contributed by atoms with E-state index in [0.717, 1.165) is 12.8 Å². The molecule has 1 amide bonds. The number of rotatable bonds is 5. The summed E-state index contributed by atoms with van der Waals surface area (Å²) in [6.45, 7) is 2.02. The zero-order valence-corrected chi connectivity index (χ0v) is 8.23. The van der Waals surface area contributed by atoms with Gasteiger partial charge in [0.15, 0.2) is 0 Å². The Morgan fingerprint density at radius 1 is 1.42 bits per heavy atom. The van der Waals surface area contributed by atoms with Gasteiger partial charge in [-0.3, -0.25) is 9.59 Å². The van der Waals surface area contributed by atoms with Crippen LogP contribution in [-0.4, -0.2) is 29.6 Å². The largest absolute Gasteiger partial charge is 0.337 e. The Bertz CT molecular complexity index is 170. The van der Waals surface area contributed by atoms with E-state index in [-0.39, 0.29) is 12.5 Å². The molecule has 0 N–H and O–H groups in total. The number of nitrogens with zero attached hydrogens (tertiary/aromatic N) is 1. The van der Waals surface area contributed by atoms with Crippen LogP contribution in [0.2, 0.25) is 0 Å². The summed E-state index contributed by atoms with van der Waals surface area (Å²) in [4.78, 5) is 22.9. The Labute approximate surface area is 77.7 Å². The van der Waals surface area contributed by atoms with E-state index in [2.05, 4.69) is 0 Å². The Morgan fingerprint density at radius 3 is 2.42 bits per heavy atom. The van der Waals surface area contributed by atoms with Crippen LogP contribution in [0.4, 0.5) is 0 Å². The van der Waals surface area contributed by atoms with Gasteiger partial charge >= 0.3 is 0 Å². The molecule has 0 aromatic heterocycles. The first-order chi connectivity index (χ1) is 5.57. The van der Waals surface area contributed by atoms with Crippen LogP contribution in [-0.2, 0) is 9.59 Å². The van der Waals surface area contributed by atoms with Crippen LogP contribution < -0.4 is 0 Å². The van der Waals surface area contributed by atoms with Crippen LogP contribution in [0.25, 0.3) is 0 Å². The molecule has 0 bridgehead atoms. The van der Waals surface area contributed by atoms with E-state index in [9.17, 15) is 9.59 Å². The fourth-order valence-electron chi connectivity index (χ4n) is 0.794. The fourth-order valence-corrected chi connectivity index (χ4v) is 0.973. The highest BCUT2D eigenvalue weighted by Crippen LogP contribution is 1.99. The minimum absolute atomic E-state index is 0.00407. The molecule has 70 valence electrons. The Hall–Kier alpha value is -0.570. The maximum Gasteiger partial charge on any atom is 0.241 e. The number of hydrogen-bond donors (Lipinski definition) is 0. The zero-order valence-electron chi connectivity index (χ0n) is 7.47. The van der Waals surface area contributed by atoms with Gasteiger partial charge in [-0.05, 0) is 18.0 Å². The monoisotopic (exact) mass is 191 g/mol. The van der Waals surface area contributed by atoms with E-state index in [1.54, 1.807) is 7.05 Å². The van der Waals surface area contributed by atoms with E-state index < -0.39 is 5.24 Å². The van der Waals surface area contributed by atoms with Crippen molar-refractivity contribution < 1.29 is 9.59 Å². The van der Waals surface area contributed by atoms with Gasteiger partial charge in [-0.1, -0.05) is 13.3 Å². The molecule has 0 aromatic carbocycles. The average Bonchev–Trinajstić information content (AvgIpc) is 1.98. The molecule has 0 aliphatic rings. The maximum atomic E-state index is 11.2. The molecule has 0 rings (SSSR count). The van der Waals surface area contributed by atoms with Crippen LogP contribution >= 0.6 is 11.6 Å². The quantitative estimate of drug-likeness (QED) is 0.616. The van der Waals surface area contributed by atoms with Gasteiger partial charge in [0.2, 0.25) is 11.1 Å². The highest BCUT2D eigenvalue weighted by Gasteiger charge is 2.09. The summed E-state index contributed by atoms with van der Waals surface area (Å²) in [6, 6.07) is 0. The van der Waals surface area contributed by atoms with E-state index in [4.69, 9.17) is 11.6 Å². The van der Waals surface area contributed by atoms with E-state index in [0.29, 0.717) is 6.42 Å². The smallest absolute Gasteiger partial charge is 0.241 e. The Morgan fingerprint density at radius 2 is 2.00 bits per heavy atom. The van der Waals surface area contributed by atoms with Crippen molar-refractivity contribution in [2.45, 2.75) is 26.2 Å². The molecule has 0 atom stereocenters. The molecule has 0 fully saturated rings. The van der Waals surface area contributed by atoms with E-state index in [1.165, 1.54) is 4.90 Å². The summed E-state index contributed by atoms with van der Waals surface area (Å²) in [6.07, 6.45) is 2.34. The summed E-state index contributed by atoms with van der Waals surface area (Å²) < 4.78 is 0. The molecule has 0 saturated carbocycles. The lowest BCUT2D eigenvalue weighted by molar-refractivity contribution is -0.132. The third kappa shape index (κ3) is 5.13. The molecular weight excluding hydrogens is 178 g/mol. The van der Waals surface area contributed by atoms with Crippen LogP contribution in [0.15, 0.2) is 0 Å². The minimum atomic E-state index is -0.498. The van der Waals surface area contributed by atoms with Crippen LogP contribution in [0, 0.1) is 0 Å². The maximum absolute atomic E-state index is 11.2. The van der Waals surface area contributed by atoms with Crippen LogP contribution in [0.3, 0.4) is 0 Å². The lowest BCUT2D eigenvalue weighted by atomic mass is 10.2. The topological polar surface area (TPSA) is 37.4 Å². The standard InChI is InChI=1S/C8H14ClNO2/c1-3-4-5-8(12)10(2)6-7(9)11/h3-6H2,1-2H3. The molecule has 0 saturated heterocycles. The summed E-state index contributed by atoms with van der Waals surface area (Å²) in [5.41, 5.74) is 0. The van der Waals surface area contributed by atoms with Crippen molar-refractivity contribution in [1.29, 1.82) is 0 Å². The van der Waals surface area contributed by atoms with Crippen LogP contribution in [0.1, 0.15) is 26.2 Å². The molecule has 0 aromatic rings. The van der Waals surface area contributed by atoms with Crippen molar-refractivity contribution >= 4 is 22.8 Å². The third-order valence-electron chi connectivity index (χ3n) is 1.53. The van der Waals surface area contributed by atoms with Gasteiger partial charge < -0.3 is 4.90 Å². The number of amides is 1. The number of carbonyl (C=O) groups is 2. The van der Waals surface area contributed by atoms with Crippen molar-refractivity contribution in [2.24, 2.45) is 0 Å². The lowest BCUT2D eigenvalue weighted by Crippen LogP contribution is -2.30. The number of carbonyl (C=O) groups excluding carboxylic acids is 2. The van der Waals surface area contributed by atoms with Crippen molar-refractivity contribution in [1.82, 2.24) is 4.90 Å². The van der Waals surface area contributed by atoms with Gasteiger partial charge in [0.25, 0.3) is 0 Å². The predicted molar refractivity (Wildman–Crippen MR) is 48.0 cm³/mol. The summed E-state index contributed by atoms with van der Waals surface area (Å²) >= 11 is 5.12. The molecule has 0 unspecified atom stereocenters. The number of halogens is 1. The molecule has 12 heavy (non-hydrogen) atoms. The molecule has 4 heteroatoms. The summed E-state index contributed by atoms with van der Waals surface area (Å²) in [7, 11) is 1.58. The summed E-state index contributed by atoms with van der Waals surface area (Å²) in [5.74, 6) is -0.0224. The van der Waals surface area contributed by atoms with Gasteiger partial charge in [0.05, 0.1) is 6.54 Å². The minimum Gasteiger partial charge on any atom is -0.337 e. The van der Waals surface area contributed by atoms with Gasteiger partial charge in [-0.25, -0.2) is 0 Å². The molecule has 0 heterocycles. The van der Waals surface area contributed by atoms with Gasteiger partial charge in [0, 0.05) is 13.5 Å². The predicted octanol–water partition coefficient (Wildman–Crippen LogP) is 1.40. The number of likely N-dealkylation sites (N-methyl/N-ethyl adjacent to an activating group) is 1. The van der Waals surface area contributed by atoms with Gasteiger partial charge in [0.1, 0.15) is 0 Å². The normalized spacial score (nSPS) is 9.58. The third-order valence-corrected chi connectivity index (χ3v) is 1.65. The Kier molecular flexibility index (Phi) is 5.72. The lowest BCUT2D eigenvalue weighted by Gasteiger charge is -2.13. The van der Waals surface area contributed by atoms with Crippen LogP contribution in [0.5, 0.6) is 0 Å². The van der Waals surface area contributed by atoms with Crippen molar-refractivity contribution in [3.05, 3.63) is 0 Å². The zero-order chi connectivity index (χ0) is 9.56. The van der Waals surface area contributed by atoms with Crippen molar-refractivity contribution in [3.63, 3.8) is 0 Å². The van der Waals surface area contributed by atoms with Crippen molar-refractivity contribution in [2.75, 3.05) is 13.6 Å². The second-order valence-electron chi connectivity index (χ2n) is 2.71. The number of unbranched alkanes of at least 4 members (excludes halogenated alkanes) is 1.